The van der Waals surface area contributed by atoms with Gasteiger partial charge in [-0.15, -0.1) is 0 Å². The van der Waals surface area contributed by atoms with Crippen LogP contribution in [0.4, 0.5) is 0 Å². The molecule has 0 fully saturated rings. The molecule has 0 saturated heterocycles. The zero-order valence-electron chi connectivity index (χ0n) is 9.84. The molecule has 1 unspecified atom stereocenters. The van der Waals surface area contributed by atoms with Crippen molar-refractivity contribution in [1.82, 2.24) is 9.38 Å². The molecule has 2 rings (SSSR count). The van der Waals surface area contributed by atoms with E-state index in [9.17, 15) is 4.79 Å². The molecule has 0 radical (unpaired) electrons. The average Bonchev–Trinajstić information content (AvgIpc) is 2.51. The lowest BCUT2D eigenvalue weighted by Crippen LogP contribution is -2.17. The van der Waals surface area contributed by atoms with E-state index in [2.05, 4.69) is 4.98 Å². The maximum absolute atomic E-state index is 10.7. The lowest BCUT2D eigenvalue weighted by atomic mass is 10.1. The van der Waals surface area contributed by atoms with Crippen molar-refractivity contribution < 1.29 is 9.90 Å². The number of hydrogen-bond acceptors (Lipinski definition) is 3. The molecule has 0 saturated carbocycles. The van der Waals surface area contributed by atoms with Crippen LogP contribution in [0.2, 0.25) is 0 Å². The van der Waals surface area contributed by atoms with E-state index in [1.54, 1.807) is 0 Å². The monoisotopic (exact) mass is 233 g/mol. The molecule has 3 N–H and O–H groups in total. The van der Waals surface area contributed by atoms with Crippen molar-refractivity contribution in [3.8, 4) is 0 Å². The number of aryl methyl sites for hydroxylation is 2. The zero-order valence-corrected chi connectivity index (χ0v) is 9.84. The van der Waals surface area contributed by atoms with Gasteiger partial charge in [-0.05, 0) is 31.5 Å². The van der Waals surface area contributed by atoms with Crippen molar-refractivity contribution in [2.45, 2.75) is 26.3 Å². The van der Waals surface area contributed by atoms with Gasteiger partial charge < -0.3 is 15.2 Å². The second-order valence-electron chi connectivity index (χ2n) is 4.22. The molecule has 0 spiro atoms. The standard InChI is InChI=1S/C12H15N3O2/c1-7-3-4-15-10(5-7)14-8(2)12(15)9(13)6-11(16)17/h3-5,9H,6,13H2,1-2H3,(H,16,17). The summed E-state index contributed by atoms with van der Waals surface area (Å²) in [5.41, 5.74) is 9.37. The second kappa shape index (κ2) is 4.18. The molecule has 0 bridgehead atoms. The van der Waals surface area contributed by atoms with E-state index in [-0.39, 0.29) is 6.42 Å². The second-order valence-corrected chi connectivity index (χ2v) is 4.22. The Balaban J connectivity index is 2.53. The first-order valence-corrected chi connectivity index (χ1v) is 5.41. The number of carbonyl (C=O) groups is 1. The molecule has 0 aliphatic carbocycles. The lowest BCUT2D eigenvalue weighted by molar-refractivity contribution is -0.137. The number of nitrogens with zero attached hydrogens (tertiary/aromatic N) is 2. The van der Waals surface area contributed by atoms with Crippen molar-refractivity contribution in [1.29, 1.82) is 0 Å². The summed E-state index contributed by atoms with van der Waals surface area (Å²) in [6.07, 6.45) is 1.78. The topological polar surface area (TPSA) is 80.6 Å². The van der Waals surface area contributed by atoms with Gasteiger partial charge in [-0.25, -0.2) is 4.98 Å². The Morgan fingerprint density at radius 3 is 2.94 bits per heavy atom. The highest BCUT2D eigenvalue weighted by Crippen LogP contribution is 2.20. The molecule has 90 valence electrons. The molecular formula is C12H15N3O2. The molecule has 2 aromatic heterocycles. The van der Waals surface area contributed by atoms with E-state index < -0.39 is 12.0 Å². The van der Waals surface area contributed by atoms with Gasteiger partial charge in [0.2, 0.25) is 0 Å². The van der Waals surface area contributed by atoms with E-state index >= 15 is 0 Å². The molecule has 0 aromatic carbocycles. The third kappa shape index (κ3) is 2.14. The van der Waals surface area contributed by atoms with Crippen LogP contribution in [0.25, 0.3) is 5.65 Å². The number of carboxylic acids is 1. The summed E-state index contributed by atoms with van der Waals surface area (Å²) in [7, 11) is 0. The summed E-state index contributed by atoms with van der Waals surface area (Å²) < 4.78 is 1.86. The third-order valence-corrected chi connectivity index (χ3v) is 2.75. The van der Waals surface area contributed by atoms with Gasteiger partial charge >= 0.3 is 5.97 Å². The van der Waals surface area contributed by atoms with Gasteiger partial charge in [0.1, 0.15) is 5.65 Å². The van der Waals surface area contributed by atoms with Crippen molar-refractivity contribution in [2.24, 2.45) is 5.73 Å². The van der Waals surface area contributed by atoms with Crippen molar-refractivity contribution >= 4 is 11.6 Å². The van der Waals surface area contributed by atoms with Gasteiger partial charge in [0.15, 0.2) is 0 Å². The number of pyridine rings is 1. The van der Waals surface area contributed by atoms with Crippen LogP contribution in [0.3, 0.4) is 0 Å². The minimum absolute atomic E-state index is 0.0947. The maximum Gasteiger partial charge on any atom is 0.305 e. The van der Waals surface area contributed by atoms with Gasteiger partial charge in [-0.1, -0.05) is 0 Å². The van der Waals surface area contributed by atoms with Gasteiger partial charge in [-0.2, -0.15) is 0 Å². The first-order valence-electron chi connectivity index (χ1n) is 5.41. The summed E-state index contributed by atoms with van der Waals surface area (Å²) in [4.78, 5) is 15.1. The fraction of sp³-hybridized carbons (Fsp3) is 0.333. The summed E-state index contributed by atoms with van der Waals surface area (Å²) in [6, 6.07) is 3.36. The first-order chi connectivity index (χ1) is 7.99. The number of nitrogens with two attached hydrogens (primary N) is 1. The Kier molecular flexibility index (Phi) is 2.85. The molecule has 1 atom stereocenters. The number of imidazole rings is 1. The van der Waals surface area contributed by atoms with Gasteiger partial charge in [0, 0.05) is 6.20 Å². The van der Waals surface area contributed by atoms with Gasteiger partial charge in [-0.3, -0.25) is 4.79 Å². The van der Waals surface area contributed by atoms with Crippen LogP contribution in [0.5, 0.6) is 0 Å². The first kappa shape index (κ1) is 11.6. The summed E-state index contributed by atoms with van der Waals surface area (Å²) in [6.45, 7) is 3.83. The van der Waals surface area contributed by atoms with Gasteiger partial charge in [0.05, 0.1) is 23.9 Å². The highest BCUT2D eigenvalue weighted by molar-refractivity contribution is 5.68. The molecule has 5 nitrogen and oxygen atoms in total. The van der Waals surface area contributed by atoms with E-state index in [4.69, 9.17) is 10.8 Å². The Labute approximate surface area is 98.9 Å². The minimum atomic E-state index is -0.904. The van der Waals surface area contributed by atoms with Crippen LogP contribution in [-0.2, 0) is 4.79 Å². The number of aliphatic carboxylic acids is 1. The quantitative estimate of drug-likeness (QED) is 0.840. The number of hydrogen-bond donors (Lipinski definition) is 2. The van der Waals surface area contributed by atoms with Crippen LogP contribution in [0, 0.1) is 13.8 Å². The predicted molar refractivity (Wildman–Crippen MR) is 63.8 cm³/mol. The Hall–Kier alpha value is -1.88. The largest absolute Gasteiger partial charge is 0.481 e. The van der Waals surface area contributed by atoms with Crippen LogP contribution >= 0.6 is 0 Å². The van der Waals surface area contributed by atoms with E-state index in [1.807, 2.05) is 36.6 Å². The summed E-state index contributed by atoms with van der Waals surface area (Å²) >= 11 is 0. The molecular weight excluding hydrogens is 218 g/mol. The predicted octanol–water partition coefficient (Wildman–Crippen LogP) is 1.43. The number of fused-ring (bicyclic) bond motifs is 1. The number of carboxylic acid groups (broad SMARTS) is 1. The molecule has 0 amide bonds. The average molecular weight is 233 g/mol. The van der Waals surface area contributed by atoms with Crippen molar-refractivity contribution in [3.05, 3.63) is 35.3 Å². The molecule has 0 aliphatic rings. The fourth-order valence-electron chi connectivity index (χ4n) is 2.01. The Bertz CT molecular complexity index is 574. The van der Waals surface area contributed by atoms with E-state index in [0.717, 1.165) is 22.6 Å². The van der Waals surface area contributed by atoms with Gasteiger partial charge in [0.25, 0.3) is 0 Å². The number of aromatic nitrogens is 2. The molecule has 2 aromatic rings. The van der Waals surface area contributed by atoms with Crippen LogP contribution in [0.1, 0.15) is 29.4 Å². The van der Waals surface area contributed by atoms with E-state index in [0.29, 0.717) is 0 Å². The lowest BCUT2D eigenvalue weighted by Gasteiger charge is -2.10. The smallest absolute Gasteiger partial charge is 0.305 e. The van der Waals surface area contributed by atoms with Crippen LogP contribution in [-0.4, -0.2) is 20.5 Å². The summed E-state index contributed by atoms with van der Waals surface area (Å²) in [5.74, 6) is -0.904. The third-order valence-electron chi connectivity index (χ3n) is 2.75. The molecule has 17 heavy (non-hydrogen) atoms. The summed E-state index contributed by atoms with van der Waals surface area (Å²) in [5, 5.41) is 8.78. The van der Waals surface area contributed by atoms with Crippen LogP contribution in [0.15, 0.2) is 18.3 Å². The van der Waals surface area contributed by atoms with Crippen LogP contribution < -0.4 is 5.73 Å². The van der Waals surface area contributed by atoms with Crippen molar-refractivity contribution in [2.75, 3.05) is 0 Å². The normalized spacial score (nSPS) is 12.9. The Morgan fingerprint density at radius 2 is 2.29 bits per heavy atom. The SMILES string of the molecule is Cc1ccn2c(C(N)CC(=O)O)c(C)nc2c1. The molecule has 5 heteroatoms. The minimum Gasteiger partial charge on any atom is -0.481 e. The highest BCUT2D eigenvalue weighted by Gasteiger charge is 2.18. The number of rotatable bonds is 3. The molecule has 2 heterocycles. The molecule has 0 aliphatic heterocycles. The highest BCUT2D eigenvalue weighted by atomic mass is 16.4. The zero-order chi connectivity index (χ0) is 12.6. The fourth-order valence-corrected chi connectivity index (χ4v) is 2.01. The maximum atomic E-state index is 10.7. The Morgan fingerprint density at radius 1 is 1.59 bits per heavy atom. The van der Waals surface area contributed by atoms with Crippen molar-refractivity contribution in [3.63, 3.8) is 0 Å². The van der Waals surface area contributed by atoms with E-state index in [1.165, 1.54) is 0 Å².